The molecule has 22 heavy (non-hydrogen) atoms. The van der Waals surface area contributed by atoms with Crippen LogP contribution >= 0.6 is 11.8 Å². The van der Waals surface area contributed by atoms with Gasteiger partial charge in [0, 0.05) is 5.75 Å². The van der Waals surface area contributed by atoms with Gasteiger partial charge in [-0.1, -0.05) is 11.8 Å². The van der Waals surface area contributed by atoms with Crippen molar-refractivity contribution in [1.29, 1.82) is 0 Å². The summed E-state index contributed by atoms with van der Waals surface area (Å²) < 4.78 is 23.7. The third kappa shape index (κ3) is 3.67. The van der Waals surface area contributed by atoms with Crippen molar-refractivity contribution in [2.75, 3.05) is 12.3 Å². The van der Waals surface area contributed by atoms with Gasteiger partial charge < -0.3 is 9.15 Å². The van der Waals surface area contributed by atoms with Crippen LogP contribution in [-0.4, -0.2) is 23.4 Å². The van der Waals surface area contributed by atoms with Crippen molar-refractivity contribution in [2.45, 2.75) is 6.61 Å². The van der Waals surface area contributed by atoms with Gasteiger partial charge in [-0.05, 0) is 36.4 Å². The van der Waals surface area contributed by atoms with Gasteiger partial charge >= 0.3 is 0 Å². The van der Waals surface area contributed by atoms with E-state index in [4.69, 9.17) is 9.15 Å². The Morgan fingerprint density at radius 2 is 2.14 bits per heavy atom. The minimum atomic E-state index is -0.332. The number of hydrogen-bond donors (Lipinski definition) is 1. The van der Waals surface area contributed by atoms with Crippen LogP contribution in [0.1, 0.15) is 16.3 Å². The summed E-state index contributed by atoms with van der Waals surface area (Å²) in [6, 6.07) is 8.94. The lowest BCUT2D eigenvalue weighted by Gasteiger charge is -2.04. The van der Waals surface area contributed by atoms with Gasteiger partial charge in [0.1, 0.15) is 23.9 Å². The SMILES string of the molecule is O=C(NC1=NCCS1)c1ccc(COc2ccc(F)cc2)o1. The number of thioether (sulfide) groups is 1. The summed E-state index contributed by atoms with van der Waals surface area (Å²) >= 11 is 1.50. The molecular formula is C15H13FN2O3S. The molecule has 1 aromatic heterocycles. The fraction of sp³-hybridized carbons (Fsp3) is 0.200. The van der Waals surface area contributed by atoms with Gasteiger partial charge in [0.25, 0.3) is 5.91 Å². The van der Waals surface area contributed by atoms with Crippen LogP contribution in [0.15, 0.2) is 45.8 Å². The number of benzene rings is 1. The molecule has 0 radical (unpaired) electrons. The number of nitrogens with one attached hydrogen (secondary N) is 1. The molecule has 1 N–H and O–H groups in total. The molecule has 2 aromatic rings. The maximum atomic E-state index is 12.8. The molecule has 1 amide bonds. The zero-order valence-corrected chi connectivity index (χ0v) is 12.4. The van der Waals surface area contributed by atoms with Gasteiger partial charge in [0.05, 0.1) is 6.54 Å². The predicted octanol–water partition coefficient (Wildman–Crippen LogP) is 2.83. The molecule has 5 nitrogen and oxygen atoms in total. The molecule has 114 valence electrons. The Morgan fingerprint density at radius 1 is 1.32 bits per heavy atom. The lowest BCUT2D eigenvalue weighted by atomic mass is 10.3. The van der Waals surface area contributed by atoms with E-state index in [0.29, 0.717) is 16.7 Å². The zero-order valence-electron chi connectivity index (χ0n) is 11.5. The van der Waals surface area contributed by atoms with Crippen LogP contribution in [0, 0.1) is 5.82 Å². The molecule has 1 aliphatic rings. The summed E-state index contributed by atoms with van der Waals surface area (Å²) in [7, 11) is 0. The van der Waals surface area contributed by atoms with E-state index in [1.54, 1.807) is 12.1 Å². The van der Waals surface area contributed by atoms with Crippen molar-refractivity contribution in [3.05, 3.63) is 53.7 Å². The summed E-state index contributed by atoms with van der Waals surface area (Å²) in [6.45, 7) is 0.879. The van der Waals surface area contributed by atoms with Crippen LogP contribution in [0.3, 0.4) is 0 Å². The number of carbonyl (C=O) groups is 1. The van der Waals surface area contributed by atoms with E-state index in [-0.39, 0.29) is 24.1 Å². The van der Waals surface area contributed by atoms with Crippen molar-refractivity contribution >= 4 is 22.8 Å². The fourth-order valence-corrected chi connectivity index (χ4v) is 2.56. The van der Waals surface area contributed by atoms with E-state index < -0.39 is 0 Å². The molecule has 0 spiro atoms. The van der Waals surface area contributed by atoms with E-state index in [1.807, 2.05) is 0 Å². The largest absolute Gasteiger partial charge is 0.486 e. The molecule has 0 saturated carbocycles. The highest BCUT2D eigenvalue weighted by atomic mass is 32.2. The van der Waals surface area contributed by atoms with Crippen molar-refractivity contribution in [2.24, 2.45) is 4.99 Å². The standard InChI is InChI=1S/C15H13FN2O3S/c16-10-1-3-11(4-2-10)20-9-12-5-6-13(21-12)14(19)18-15-17-7-8-22-15/h1-6H,7-9H2,(H,17,18,19). The Hall–Kier alpha value is -2.28. The van der Waals surface area contributed by atoms with Gasteiger partial charge in [-0.15, -0.1) is 0 Å². The number of amides is 1. The lowest BCUT2D eigenvalue weighted by molar-refractivity contribution is 0.0947. The third-order valence-corrected chi connectivity index (χ3v) is 3.78. The molecule has 1 aromatic carbocycles. The Morgan fingerprint density at radius 3 is 2.86 bits per heavy atom. The molecule has 0 bridgehead atoms. The molecule has 7 heteroatoms. The van der Waals surface area contributed by atoms with Crippen LogP contribution in [0.5, 0.6) is 5.75 Å². The Bertz CT molecular complexity index is 697. The van der Waals surface area contributed by atoms with Crippen LogP contribution in [0.2, 0.25) is 0 Å². The minimum absolute atomic E-state index is 0.161. The average Bonchev–Trinajstić information content (AvgIpc) is 3.18. The molecule has 0 atom stereocenters. The summed E-state index contributed by atoms with van der Waals surface area (Å²) in [4.78, 5) is 16.1. The second-order valence-corrected chi connectivity index (χ2v) is 5.58. The number of furan rings is 1. The van der Waals surface area contributed by atoms with Gasteiger partial charge in [0.2, 0.25) is 0 Å². The second-order valence-electron chi connectivity index (χ2n) is 4.50. The summed E-state index contributed by atoms with van der Waals surface area (Å²) in [5.74, 6) is 1.46. The first-order valence-corrected chi connectivity index (χ1v) is 7.65. The number of hydrogen-bond acceptors (Lipinski definition) is 5. The smallest absolute Gasteiger partial charge is 0.292 e. The second kappa shape index (κ2) is 6.65. The molecular weight excluding hydrogens is 307 g/mol. The number of rotatable bonds is 4. The van der Waals surface area contributed by atoms with Crippen LogP contribution in [0.25, 0.3) is 0 Å². The molecule has 0 aliphatic carbocycles. The van der Waals surface area contributed by atoms with Crippen molar-refractivity contribution < 1.29 is 18.3 Å². The monoisotopic (exact) mass is 320 g/mol. The van der Waals surface area contributed by atoms with Crippen LogP contribution in [0.4, 0.5) is 4.39 Å². The summed E-state index contributed by atoms with van der Waals surface area (Å²) in [5, 5.41) is 3.30. The van der Waals surface area contributed by atoms with E-state index in [9.17, 15) is 9.18 Å². The number of amidine groups is 1. The highest BCUT2D eigenvalue weighted by Crippen LogP contribution is 2.16. The first kappa shape index (κ1) is 14.6. The normalized spacial score (nSPS) is 13.8. The number of aliphatic imine (C=N–C) groups is 1. The lowest BCUT2D eigenvalue weighted by Crippen LogP contribution is -2.26. The highest BCUT2D eigenvalue weighted by Gasteiger charge is 2.16. The Balaban J connectivity index is 1.56. The van der Waals surface area contributed by atoms with Crippen LogP contribution < -0.4 is 10.1 Å². The fourth-order valence-electron chi connectivity index (χ4n) is 1.83. The van der Waals surface area contributed by atoms with Gasteiger partial charge in [-0.25, -0.2) is 4.39 Å². The summed E-state index contributed by atoms with van der Waals surface area (Å²) in [6.07, 6.45) is 0. The Kier molecular flexibility index (Phi) is 4.43. The molecule has 0 saturated heterocycles. The molecule has 0 unspecified atom stereocenters. The topological polar surface area (TPSA) is 63.8 Å². The number of halogens is 1. The van der Waals surface area contributed by atoms with E-state index in [0.717, 1.165) is 12.3 Å². The maximum Gasteiger partial charge on any atom is 0.292 e. The quantitative estimate of drug-likeness (QED) is 0.941. The summed E-state index contributed by atoms with van der Waals surface area (Å²) in [5.41, 5.74) is 0. The first-order chi connectivity index (χ1) is 10.7. The first-order valence-electron chi connectivity index (χ1n) is 6.66. The van der Waals surface area contributed by atoms with E-state index >= 15 is 0 Å². The van der Waals surface area contributed by atoms with E-state index in [1.165, 1.54) is 36.0 Å². The number of nitrogens with zero attached hydrogens (tertiary/aromatic N) is 1. The number of carbonyl (C=O) groups excluding carboxylic acids is 1. The van der Waals surface area contributed by atoms with Gasteiger partial charge in [-0.3, -0.25) is 15.1 Å². The molecule has 2 heterocycles. The minimum Gasteiger partial charge on any atom is -0.486 e. The van der Waals surface area contributed by atoms with Gasteiger partial charge in [-0.2, -0.15) is 0 Å². The van der Waals surface area contributed by atoms with Gasteiger partial charge in [0.15, 0.2) is 10.9 Å². The predicted molar refractivity (Wildman–Crippen MR) is 81.7 cm³/mol. The highest BCUT2D eigenvalue weighted by molar-refractivity contribution is 8.14. The van der Waals surface area contributed by atoms with E-state index in [2.05, 4.69) is 10.3 Å². The van der Waals surface area contributed by atoms with Crippen LogP contribution in [-0.2, 0) is 6.61 Å². The molecule has 0 fully saturated rings. The molecule has 3 rings (SSSR count). The van der Waals surface area contributed by atoms with Crippen molar-refractivity contribution in [3.8, 4) is 5.75 Å². The molecule has 1 aliphatic heterocycles. The Labute approximate surface area is 130 Å². The average molecular weight is 320 g/mol. The third-order valence-electron chi connectivity index (χ3n) is 2.89. The maximum absolute atomic E-state index is 12.8. The van der Waals surface area contributed by atoms with Crippen molar-refractivity contribution in [3.63, 3.8) is 0 Å². The number of ether oxygens (including phenoxy) is 1. The van der Waals surface area contributed by atoms with Crippen molar-refractivity contribution in [1.82, 2.24) is 5.32 Å². The zero-order chi connectivity index (χ0) is 15.4.